The van der Waals surface area contributed by atoms with Crippen molar-refractivity contribution in [2.45, 2.75) is 11.8 Å². The fourth-order valence-electron chi connectivity index (χ4n) is 3.15. The number of oxazole rings is 1. The van der Waals surface area contributed by atoms with Gasteiger partial charge in [-0.3, -0.25) is 9.69 Å². The Morgan fingerprint density at radius 1 is 1.11 bits per heavy atom. The molecule has 0 atom stereocenters. The molecule has 0 N–H and O–H groups in total. The minimum atomic E-state index is 0.125. The smallest absolute Gasteiger partial charge is 0.257 e. The minimum absolute atomic E-state index is 0.125. The zero-order chi connectivity index (χ0) is 18.6. The summed E-state index contributed by atoms with van der Waals surface area (Å²) in [5.74, 6) is 0.457. The fourth-order valence-corrected chi connectivity index (χ4v) is 4.06. The number of fused-ring (bicyclic) bond motifs is 1. The van der Waals surface area contributed by atoms with Crippen LogP contribution in [0.1, 0.15) is 5.56 Å². The molecule has 1 aliphatic rings. The second-order valence-corrected chi connectivity index (χ2v) is 7.89. The highest BCUT2D eigenvalue weighted by molar-refractivity contribution is 7.99. The van der Waals surface area contributed by atoms with Crippen LogP contribution in [-0.2, 0) is 11.3 Å². The van der Waals surface area contributed by atoms with Crippen LogP contribution in [0.5, 0.6) is 0 Å². The lowest BCUT2D eigenvalue weighted by Gasteiger charge is -2.34. The van der Waals surface area contributed by atoms with E-state index in [-0.39, 0.29) is 5.91 Å². The van der Waals surface area contributed by atoms with Crippen molar-refractivity contribution < 1.29 is 9.21 Å². The van der Waals surface area contributed by atoms with Crippen LogP contribution in [0.2, 0.25) is 5.02 Å². The normalized spacial score (nSPS) is 15.4. The quantitative estimate of drug-likeness (QED) is 0.606. The van der Waals surface area contributed by atoms with Gasteiger partial charge in [0.1, 0.15) is 5.52 Å². The van der Waals surface area contributed by atoms with E-state index < -0.39 is 0 Å². The van der Waals surface area contributed by atoms with E-state index in [4.69, 9.17) is 16.0 Å². The molecule has 0 unspecified atom stereocenters. The van der Waals surface area contributed by atoms with E-state index in [1.54, 1.807) is 18.2 Å². The lowest BCUT2D eigenvalue weighted by molar-refractivity contribution is -0.130. The van der Waals surface area contributed by atoms with Crippen molar-refractivity contribution in [1.82, 2.24) is 14.8 Å². The summed E-state index contributed by atoms with van der Waals surface area (Å²) in [6.07, 6.45) is 0. The monoisotopic (exact) mass is 401 g/mol. The van der Waals surface area contributed by atoms with E-state index in [0.717, 1.165) is 32.7 Å². The molecule has 3 aromatic rings. The first kappa shape index (κ1) is 18.3. The number of nitrogens with zero attached hydrogens (tertiary/aromatic N) is 3. The molecule has 2 aromatic carbocycles. The number of rotatable bonds is 5. The number of carbonyl (C=O) groups excluding carboxylic acids is 1. The summed E-state index contributed by atoms with van der Waals surface area (Å²) >= 11 is 7.30. The van der Waals surface area contributed by atoms with E-state index in [0.29, 0.717) is 27.1 Å². The highest BCUT2D eigenvalue weighted by atomic mass is 35.5. The number of benzene rings is 2. The number of carbonyl (C=O) groups is 1. The van der Waals surface area contributed by atoms with Crippen LogP contribution in [0.25, 0.3) is 11.1 Å². The number of thioether (sulfide) groups is 1. The first-order chi connectivity index (χ1) is 13.2. The van der Waals surface area contributed by atoms with Crippen LogP contribution in [0.4, 0.5) is 0 Å². The van der Waals surface area contributed by atoms with E-state index in [2.05, 4.69) is 34.1 Å². The van der Waals surface area contributed by atoms with E-state index in [9.17, 15) is 4.79 Å². The number of piperazine rings is 1. The van der Waals surface area contributed by atoms with Crippen molar-refractivity contribution in [1.29, 1.82) is 0 Å². The first-order valence-electron chi connectivity index (χ1n) is 8.90. The summed E-state index contributed by atoms with van der Waals surface area (Å²) in [6, 6.07) is 15.8. The van der Waals surface area contributed by atoms with Gasteiger partial charge >= 0.3 is 0 Å². The van der Waals surface area contributed by atoms with Gasteiger partial charge in [0.15, 0.2) is 5.58 Å². The largest absolute Gasteiger partial charge is 0.431 e. The molecular weight excluding hydrogens is 382 g/mol. The number of hydrogen-bond donors (Lipinski definition) is 0. The molecule has 1 amide bonds. The van der Waals surface area contributed by atoms with Gasteiger partial charge < -0.3 is 9.32 Å². The summed E-state index contributed by atoms with van der Waals surface area (Å²) in [5, 5.41) is 1.13. The Balaban J connectivity index is 1.26. The SMILES string of the molecule is O=C(CSc1nc2cc(Cl)ccc2o1)N1CCN(Cc2ccccc2)CC1. The average Bonchev–Trinajstić information content (AvgIpc) is 3.09. The van der Waals surface area contributed by atoms with Gasteiger partial charge in [0, 0.05) is 37.7 Å². The van der Waals surface area contributed by atoms with Crippen molar-refractivity contribution in [2.24, 2.45) is 0 Å². The van der Waals surface area contributed by atoms with Crippen LogP contribution in [0.15, 0.2) is 58.2 Å². The molecule has 0 aliphatic carbocycles. The summed E-state index contributed by atoms with van der Waals surface area (Å²) in [7, 11) is 0. The first-order valence-corrected chi connectivity index (χ1v) is 10.3. The van der Waals surface area contributed by atoms with Gasteiger partial charge in [-0.2, -0.15) is 0 Å². The highest BCUT2D eigenvalue weighted by Crippen LogP contribution is 2.25. The van der Waals surface area contributed by atoms with Crippen molar-refractivity contribution in [3.8, 4) is 0 Å². The van der Waals surface area contributed by atoms with Crippen molar-refractivity contribution in [3.05, 3.63) is 59.1 Å². The molecule has 5 nitrogen and oxygen atoms in total. The number of amides is 1. The molecule has 1 fully saturated rings. The Morgan fingerprint density at radius 2 is 1.89 bits per heavy atom. The fraction of sp³-hybridized carbons (Fsp3) is 0.300. The summed E-state index contributed by atoms with van der Waals surface area (Å²) < 4.78 is 5.66. The Kier molecular flexibility index (Phi) is 5.66. The number of halogens is 1. The molecule has 0 saturated carbocycles. The van der Waals surface area contributed by atoms with E-state index in [1.165, 1.54) is 17.3 Å². The third-order valence-electron chi connectivity index (χ3n) is 4.62. The maximum Gasteiger partial charge on any atom is 0.257 e. The van der Waals surface area contributed by atoms with Gasteiger partial charge in [-0.15, -0.1) is 0 Å². The maximum atomic E-state index is 12.5. The molecule has 2 heterocycles. The van der Waals surface area contributed by atoms with Crippen LogP contribution >= 0.6 is 23.4 Å². The van der Waals surface area contributed by atoms with Gasteiger partial charge in [-0.25, -0.2) is 4.98 Å². The van der Waals surface area contributed by atoms with E-state index >= 15 is 0 Å². The zero-order valence-corrected chi connectivity index (χ0v) is 16.4. The molecular formula is C20H20ClN3O2S. The summed E-state index contributed by atoms with van der Waals surface area (Å²) in [6.45, 7) is 4.24. The lowest BCUT2D eigenvalue weighted by Crippen LogP contribution is -2.48. The summed E-state index contributed by atoms with van der Waals surface area (Å²) in [5.41, 5.74) is 2.71. The van der Waals surface area contributed by atoms with Gasteiger partial charge in [-0.05, 0) is 23.8 Å². The summed E-state index contributed by atoms with van der Waals surface area (Å²) in [4.78, 5) is 21.2. The van der Waals surface area contributed by atoms with Crippen LogP contribution in [0.3, 0.4) is 0 Å². The Bertz CT molecular complexity index is 923. The van der Waals surface area contributed by atoms with E-state index in [1.807, 2.05) is 11.0 Å². The molecule has 1 saturated heterocycles. The zero-order valence-electron chi connectivity index (χ0n) is 14.8. The minimum Gasteiger partial charge on any atom is -0.431 e. The van der Waals surface area contributed by atoms with Gasteiger partial charge in [-0.1, -0.05) is 53.7 Å². The van der Waals surface area contributed by atoms with Crippen LogP contribution in [-0.4, -0.2) is 52.6 Å². The third kappa shape index (κ3) is 4.64. The predicted octanol–water partition coefficient (Wildman–Crippen LogP) is 3.92. The Hall–Kier alpha value is -2.02. The molecule has 7 heteroatoms. The Morgan fingerprint density at radius 3 is 2.67 bits per heavy atom. The molecule has 27 heavy (non-hydrogen) atoms. The Labute approximate surface area is 167 Å². The molecule has 0 radical (unpaired) electrons. The predicted molar refractivity (Wildman–Crippen MR) is 108 cm³/mol. The average molecular weight is 402 g/mol. The second-order valence-electron chi connectivity index (χ2n) is 6.52. The molecule has 140 valence electrons. The number of aromatic nitrogens is 1. The van der Waals surface area contributed by atoms with Gasteiger partial charge in [0.05, 0.1) is 5.75 Å². The standard InChI is InChI=1S/C20H20ClN3O2S/c21-16-6-7-18-17(12-16)22-20(26-18)27-14-19(25)24-10-8-23(9-11-24)13-15-4-2-1-3-5-15/h1-7,12H,8-11,13-14H2. The van der Waals surface area contributed by atoms with Crippen molar-refractivity contribution in [2.75, 3.05) is 31.9 Å². The topological polar surface area (TPSA) is 49.6 Å². The van der Waals surface area contributed by atoms with Crippen LogP contribution in [0, 0.1) is 0 Å². The lowest BCUT2D eigenvalue weighted by atomic mass is 10.2. The molecule has 0 spiro atoms. The molecule has 1 aliphatic heterocycles. The second kappa shape index (κ2) is 8.33. The highest BCUT2D eigenvalue weighted by Gasteiger charge is 2.21. The third-order valence-corrected chi connectivity index (χ3v) is 5.67. The maximum absolute atomic E-state index is 12.5. The van der Waals surface area contributed by atoms with Crippen molar-refractivity contribution in [3.63, 3.8) is 0 Å². The van der Waals surface area contributed by atoms with Crippen LogP contribution < -0.4 is 0 Å². The molecule has 1 aromatic heterocycles. The van der Waals surface area contributed by atoms with Gasteiger partial charge in [0.2, 0.25) is 5.91 Å². The molecule has 0 bridgehead atoms. The molecule has 4 rings (SSSR count). The number of hydrogen-bond acceptors (Lipinski definition) is 5. The van der Waals surface area contributed by atoms with Gasteiger partial charge in [0.25, 0.3) is 5.22 Å². The van der Waals surface area contributed by atoms with Crippen molar-refractivity contribution >= 4 is 40.4 Å².